The van der Waals surface area contributed by atoms with Gasteiger partial charge in [-0.05, 0) is 45.1 Å². The van der Waals surface area contributed by atoms with E-state index in [-0.39, 0.29) is 0 Å². The molecular formula is C17H34N2O2. The molecule has 0 saturated carbocycles. The summed E-state index contributed by atoms with van der Waals surface area (Å²) in [6.45, 7) is 11.8. The molecule has 2 heterocycles. The first-order valence-corrected chi connectivity index (χ1v) is 8.67. The second-order valence-corrected chi connectivity index (χ2v) is 7.37. The topological polar surface area (TPSA) is 33.7 Å². The minimum absolute atomic E-state index is 0.446. The number of nitrogens with zero attached hydrogens (tertiary/aromatic N) is 1. The highest BCUT2D eigenvalue weighted by Gasteiger charge is 2.28. The molecule has 2 fully saturated rings. The fourth-order valence-corrected chi connectivity index (χ4v) is 3.36. The lowest BCUT2D eigenvalue weighted by atomic mass is 10.00. The summed E-state index contributed by atoms with van der Waals surface area (Å²) in [5.74, 6) is 1.42. The minimum Gasteiger partial charge on any atom is -0.381 e. The Morgan fingerprint density at radius 2 is 2.00 bits per heavy atom. The third-order valence-corrected chi connectivity index (χ3v) is 4.91. The Morgan fingerprint density at radius 3 is 2.67 bits per heavy atom. The van der Waals surface area contributed by atoms with Crippen molar-refractivity contribution in [3.05, 3.63) is 0 Å². The fraction of sp³-hybridized carbons (Fsp3) is 1.00. The van der Waals surface area contributed by atoms with Crippen molar-refractivity contribution in [1.29, 1.82) is 0 Å². The van der Waals surface area contributed by atoms with Crippen LogP contribution in [0.5, 0.6) is 0 Å². The average Bonchev–Trinajstić information content (AvgIpc) is 3.08. The molecule has 0 amide bonds. The van der Waals surface area contributed by atoms with E-state index in [1.54, 1.807) is 0 Å². The van der Waals surface area contributed by atoms with Crippen molar-refractivity contribution in [2.45, 2.75) is 58.2 Å². The molecule has 0 spiro atoms. The molecule has 2 saturated heterocycles. The Morgan fingerprint density at radius 1 is 1.19 bits per heavy atom. The lowest BCUT2D eigenvalue weighted by molar-refractivity contribution is 0.0722. The van der Waals surface area contributed by atoms with Crippen LogP contribution < -0.4 is 5.32 Å². The monoisotopic (exact) mass is 298 g/mol. The number of hydrogen-bond donors (Lipinski definition) is 1. The van der Waals surface area contributed by atoms with E-state index >= 15 is 0 Å². The standard InChI is InChI=1S/C17H34N2O2/c1-13(2)18-9-16-8-17(21-12-16)7-14(3)19(4)10-15-5-6-20-11-15/h13-18H,5-12H2,1-4H3/t14?,15-,16-,17?/m0/s1. The van der Waals surface area contributed by atoms with Crippen molar-refractivity contribution in [2.24, 2.45) is 11.8 Å². The molecule has 21 heavy (non-hydrogen) atoms. The highest BCUT2D eigenvalue weighted by atomic mass is 16.5. The first kappa shape index (κ1) is 17.2. The van der Waals surface area contributed by atoms with Crippen LogP contribution in [0.2, 0.25) is 0 Å². The third kappa shape index (κ3) is 5.85. The zero-order valence-electron chi connectivity index (χ0n) is 14.3. The molecule has 0 radical (unpaired) electrons. The van der Waals surface area contributed by atoms with Crippen LogP contribution in [0.15, 0.2) is 0 Å². The molecular weight excluding hydrogens is 264 g/mol. The fourth-order valence-electron chi connectivity index (χ4n) is 3.36. The Balaban J connectivity index is 1.64. The maximum absolute atomic E-state index is 6.00. The number of nitrogens with one attached hydrogen (secondary N) is 1. The van der Waals surface area contributed by atoms with Gasteiger partial charge in [-0.25, -0.2) is 0 Å². The van der Waals surface area contributed by atoms with Crippen LogP contribution >= 0.6 is 0 Å². The second kappa shape index (κ2) is 8.47. The van der Waals surface area contributed by atoms with E-state index in [1.165, 1.54) is 12.8 Å². The summed E-state index contributed by atoms with van der Waals surface area (Å²) in [7, 11) is 2.25. The van der Waals surface area contributed by atoms with Gasteiger partial charge in [0.05, 0.1) is 19.3 Å². The maximum Gasteiger partial charge on any atom is 0.0594 e. The van der Waals surface area contributed by atoms with E-state index in [9.17, 15) is 0 Å². The van der Waals surface area contributed by atoms with Crippen LogP contribution in [0.3, 0.4) is 0 Å². The van der Waals surface area contributed by atoms with Gasteiger partial charge in [0.25, 0.3) is 0 Å². The average molecular weight is 298 g/mol. The summed E-state index contributed by atoms with van der Waals surface area (Å²) in [6, 6.07) is 1.16. The Hall–Kier alpha value is -0.160. The predicted octanol–water partition coefficient (Wildman–Crippen LogP) is 2.14. The minimum atomic E-state index is 0.446. The van der Waals surface area contributed by atoms with Gasteiger partial charge in [0.15, 0.2) is 0 Å². The third-order valence-electron chi connectivity index (χ3n) is 4.91. The molecule has 1 N–H and O–H groups in total. The van der Waals surface area contributed by atoms with Crippen molar-refractivity contribution < 1.29 is 9.47 Å². The van der Waals surface area contributed by atoms with Gasteiger partial charge in [-0.1, -0.05) is 13.8 Å². The SMILES string of the molecule is CC(C)NC[C@H]1COC(CC(C)N(C)C[C@@H]2CCOC2)C1. The zero-order chi connectivity index (χ0) is 15.2. The van der Waals surface area contributed by atoms with Gasteiger partial charge in [0.2, 0.25) is 0 Å². The van der Waals surface area contributed by atoms with Crippen LogP contribution in [0, 0.1) is 11.8 Å². The predicted molar refractivity (Wildman–Crippen MR) is 86.6 cm³/mol. The largest absolute Gasteiger partial charge is 0.381 e. The lowest BCUT2D eigenvalue weighted by Crippen LogP contribution is -2.36. The van der Waals surface area contributed by atoms with Gasteiger partial charge in [-0.15, -0.1) is 0 Å². The molecule has 0 aromatic heterocycles. The number of rotatable bonds is 8. The summed E-state index contributed by atoms with van der Waals surface area (Å²) in [6.07, 6.45) is 4.04. The van der Waals surface area contributed by atoms with Gasteiger partial charge in [0, 0.05) is 31.8 Å². The first-order valence-electron chi connectivity index (χ1n) is 8.67. The zero-order valence-corrected chi connectivity index (χ0v) is 14.3. The van der Waals surface area contributed by atoms with E-state index in [2.05, 4.69) is 38.0 Å². The summed E-state index contributed by atoms with van der Waals surface area (Å²) < 4.78 is 11.5. The van der Waals surface area contributed by atoms with Crippen LogP contribution in [-0.2, 0) is 9.47 Å². The molecule has 124 valence electrons. The van der Waals surface area contributed by atoms with E-state index < -0.39 is 0 Å². The number of hydrogen-bond acceptors (Lipinski definition) is 4. The second-order valence-electron chi connectivity index (χ2n) is 7.37. The van der Waals surface area contributed by atoms with E-state index in [0.29, 0.717) is 24.1 Å². The molecule has 4 heteroatoms. The van der Waals surface area contributed by atoms with Gasteiger partial charge in [-0.3, -0.25) is 0 Å². The van der Waals surface area contributed by atoms with E-state index in [0.717, 1.165) is 45.2 Å². The summed E-state index contributed by atoms with van der Waals surface area (Å²) >= 11 is 0. The van der Waals surface area contributed by atoms with E-state index in [4.69, 9.17) is 9.47 Å². The van der Waals surface area contributed by atoms with Crippen molar-refractivity contribution in [1.82, 2.24) is 10.2 Å². The van der Waals surface area contributed by atoms with Crippen molar-refractivity contribution in [2.75, 3.05) is 40.0 Å². The Kier molecular flexibility index (Phi) is 6.93. The summed E-state index contributed by atoms with van der Waals surface area (Å²) in [5.41, 5.74) is 0. The van der Waals surface area contributed by atoms with Gasteiger partial charge in [-0.2, -0.15) is 0 Å². The van der Waals surface area contributed by atoms with Crippen molar-refractivity contribution in [3.8, 4) is 0 Å². The molecule has 0 aliphatic carbocycles. The maximum atomic E-state index is 6.00. The molecule has 2 unspecified atom stereocenters. The molecule has 0 aromatic rings. The summed E-state index contributed by atoms with van der Waals surface area (Å²) in [4.78, 5) is 2.49. The van der Waals surface area contributed by atoms with Crippen molar-refractivity contribution in [3.63, 3.8) is 0 Å². The van der Waals surface area contributed by atoms with Crippen LogP contribution in [-0.4, -0.2) is 63.0 Å². The molecule has 2 rings (SSSR count). The van der Waals surface area contributed by atoms with Crippen LogP contribution in [0.25, 0.3) is 0 Å². The van der Waals surface area contributed by atoms with E-state index in [1.807, 2.05) is 0 Å². The van der Waals surface area contributed by atoms with Crippen molar-refractivity contribution >= 4 is 0 Å². The molecule has 0 aromatic carbocycles. The Bertz CT molecular complexity index is 293. The quantitative estimate of drug-likeness (QED) is 0.744. The van der Waals surface area contributed by atoms with Gasteiger partial charge in [0.1, 0.15) is 0 Å². The van der Waals surface area contributed by atoms with Gasteiger partial charge >= 0.3 is 0 Å². The molecule has 4 nitrogen and oxygen atoms in total. The van der Waals surface area contributed by atoms with Gasteiger partial charge < -0.3 is 19.7 Å². The highest BCUT2D eigenvalue weighted by molar-refractivity contribution is 4.80. The molecule has 0 bridgehead atoms. The number of ether oxygens (including phenoxy) is 2. The first-order chi connectivity index (χ1) is 10.0. The molecule has 2 aliphatic rings. The summed E-state index contributed by atoms with van der Waals surface area (Å²) in [5, 5.41) is 3.53. The lowest BCUT2D eigenvalue weighted by Gasteiger charge is -2.28. The normalized spacial score (nSPS) is 31.4. The highest BCUT2D eigenvalue weighted by Crippen LogP contribution is 2.24. The van der Waals surface area contributed by atoms with Crippen LogP contribution in [0.1, 0.15) is 40.0 Å². The Labute approximate surface area is 130 Å². The van der Waals surface area contributed by atoms with Crippen LogP contribution in [0.4, 0.5) is 0 Å². The molecule has 4 atom stereocenters. The smallest absolute Gasteiger partial charge is 0.0594 e. The molecule has 2 aliphatic heterocycles.